The van der Waals surface area contributed by atoms with Gasteiger partial charge in [0.25, 0.3) is 0 Å². The molecular formula is C11H18ClN3O2S. The van der Waals surface area contributed by atoms with Crippen molar-refractivity contribution in [2.24, 2.45) is 0 Å². The molecule has 0 N–H and O–H groups in total. The third-order valence-electron chi connectivity index (χ3n) is 3.08. The van der Waals surface area contributed by atoms with Crippen LogP contribution in [0.4, 0.5) is 0 Å². The van der Waals surface area contributed by atoms with Crippen molar-refractivity contribution in [2.45, 2.75) is 37.1 Å². The third kappa shape index (κ3) is 3.05. The van der Waals surface area contributed by atoms with Gasteiger partial charge in [-0.2, -0.15) is 9.40 Å². The highest BCUT2D eigenvalue weighted by molar-refractivity contribution is 7.89. The van der Waals surface area contributed by atoms with Crippen molar-refractivity contribution in [1.29, 1.82) is 0 Å². The van der Waals surface area contributed by atoms with E-state index in [-0.39, 0.29) is 0 Å². The maximum atomic E-state index is 12.3. The van der Waals surface area contributed by atoms with Gasteiger partial charge in [0.2, 0.25) is 10.0 Å². The van der Waals surface area contributed by atoms with Gasteiger partial charge >= 0.3 is 0 Å². The number of hydrogen-bond acceptors (Lipinski definition) is 3. The van der Waals surface area contributed by atoms with E-state index in [0.717, 1.165) is 25.7 Å². The second-order valence-electron chi connectivity index (χ2n) is 4.45. The summed E-state index contributed by atoms with van der Waals surface area (Å²) in [5, 5.41) is 4.07. The average Bonchev–Trinajstić information content (AvgIpc) is 2.87. The van der Waals surface area contributed by atoms with Crippen LogP contribution in [-0.4, -0.2) is 41.5 Å². The van der Waals surface area contributed by atoms with Crippen LogP contribution in [0.3, 0.4) is 0 Å². The van der Waals surface area contributed by atoms with Crippen LogP contribution in [0.25, 0.3) is 0 Å². The van der Waals surface area contributed by atoms with Crippen LogP contribution < -0.4 is 0 Å². The van der Waals surface area contributed by atoms with Crippen molar-refractivity contribution in [3.63, 3.8) is 0 Å². The van der Waals surface area contributed by atoms with Gasteiger partial charge in [-0.1, -0.05) is 6.42 Å². The molecule has 1 aliphatic rings. The molecule has 5 nitrogen and oxygen atoms in total. The van der Waals surface area contributed by atoms with Gasteiger partial charge in [-0.05, 0) is 19.3 Å². The van der Waals surface area contributed by atoms with Crippen molar-refractivity contribution < 1.29 is 8.42 Å². The van der Waals surface area contributed by atoms with E-state index >= 15 is 0 Å². The van der Waals surface area contributed by atoms with E-state index in [1.165, 1.54) is 6.20 Å². The van der Waals surface area contributed by atoms with Crippen LogP contribution in [0.1, 0.15) is 25.7 Å². The SMILES string of the molecule is O=S(=O)(c1cnn(CCCCl)c1)N1CCCCC1. The molecule has 1 aromatic heterocycles. The summed E-state index contributed by atoms with van der Waals surface area (Å²) in [6.07, 6.45) is 6.81. The molecule has 2 rings (SSSR count). The van der Waals surface area contributed by atoms with Gasteiger partial charge in [0, 0.05) is 31.7 Å². The first kappa shape index (κ1) is 13.8. The first-order chi connectivity index (χ1) is 8.64. The van der Waals surface area contributed by atoms with Crippen molar-refractivity contribution in [2.75, 3.05) is 19.0 Å². The summed E-state index contributed by atoms with van der Waals surface area (Å²) in [7, 11) is -3.35. The molecule has 1 aromatic rings. The van der Waals surface area contributed by atoms with Gasteiger partial charge < -0.3 is 0 Å². The van der Waals surface area contributed by atoms with Crippen LogP contribution in [-0.2, 0) is 16.6 Å². The van der Waals surface area contributed by atoms with E-state index in [1.54, 1.807) is 15.2 Å². The Morgan fingerprint density at radius 2 is 2.00 bits per heavy atom. The minimum Gasteiger partial charge on any atom is -0.271 e. The lowest BCUT2D eigenvalue weighted by Gasteiger charge is -2.25. The molecule has 102 valence electrons. The molecule has 2 heterocycles. The third-order valence-corrected chi connectivity index (χ3v) is 5.20. The Kier molecular flexibility index (Phi) is 4.64. The lowest BCUT2D eigenvalue weighted by molar-refractivity contribution is 0.346. The summed E-state index contributed by atoms with van der Waals surface area (Å²) in [5.74, 6) is 0.550. The lowest BCUT2D eigenvalue weighted by atomic mass is 10.2. The highest BCUT2D eigenvalue weighted by atomic mass is 35.5. The van der Waals surface area contributed by atoms with Crippen molar-refractivity contribution >= 4 is 21.6 Å². The number of alkyl halides is 1. The molecule has 18 heavy (non-hydrogen) atoms. The van der Waals surface area contributed by atoms with E-state index in [9.17, 15) is 8.42 Å². The highest BCUT2D eigenvalue weighted by Gasteiger charge is 2.26. The number of rotatable bonds is 5. The summed E-state index contributed by atoms with van der Waals surface area (Å²) in [6.45, 7) is 1.89. The van der Waals surface area contributed by atoms with Crippen LogP contribution >= 0.6 is 11.6 Å². The molecular weight excluding hydrogens is 274 g/mol. The molecule has 7 heteroatoms. The zero-order chi connectivity index (χ0) is 13.0. The van der Waals surface area contributed by atoms with Crippen LogP contribution in [0.2, 0.25) is 0 Å². The maximum absolute atomic E-state index is 12.3. The fourth-order valence-electron chi connectivity index (χ4n) is 2.08. The standard InChI is InChI=1S/C11H18ClN3O2S/c12-5-4-6-14-10-11(9-13-14)18(16,17)15-7-2-1-3-8-15/h9-10H,1-8H2. The molecule has 1 fully saturated rings. The van der Waals surface area contributed by atoms with E-state index in [1.807, 2.05) is 0 Å². The molecule has 0 aromatic carbocycles. The van der Waals surface area contributed by atoms with Crippen molar-refractivity contribution in [3.8, 4) is 0 Å². The summed E-state index contributed by atoms with van der Waals surface area (Å²) in [6, 6.07) is 0. The number of aromatic nitrogens is 2. The lowest BCUT2D eigenvalue weighted by Crippen LogP contribution is -2.35. The van der Waals surface area contributed by atoms with Gasteiger partial charge in [0.05, 0.1) is 6.20 Å². The largest absolute Gasteiger partial charge is 0.271 e. The number of piperidine rings is 1. The first-order valence-electron chi connectivity index (χ1n) is 6.23. The van der Waals surface area contributed by atoms with E-state index in [4.69, 9.17) is 11.6 Å². The zero-order valence-corrected chi connectivity index (χ0v) is 11.8. The monoisotopic (exact) mass is 291 g/mol. The summed E-state index contributed by atoms with van der Waals surface area (Å²) in [5.41, 5.74) is 0. The van der Waals surface area contributed by atoms with Gasteiger partial charge in [0.15, 0.2) is 0 Å². The molecule has 1 aliphatic heterocycles. The second-order valence-corrected chi connectivity index (χ2v) is 6.76. The zero-order valence-electron chi connectivity index (χ0n) is 10.3. The molecule has 0 aliphatic carbocycles. The minimum atomic E-state index is -3.35. The Morgan fingerprint density at radius 3 is 2.67 bits per heavy atom. The highest BCUT2D eigenvalue weighted by Crippen LogP contribution is 2.19. The number of sulfonamides is 1. The Balaban J connectivity index is 2.11. The van der Waals surface area contributed by atoms with E-state index < -0.39 is 10.0 Å². The summed E-state index contributed by atoms with van der Waals surface area (Å²) < 4.78 is 27.8. The molecule has 0 amide bonds. The van der Waals surface area contributed by atoms with Crippen LogP contribution in [0, 0.1) is 0 Å². The molecule has 0 bridgehead atoms. The van der Waals surface area contributed by atoms with Gasteiger partial charge in [0.1, 0.15) is 4.90 Å². The predicted molar refractivity (Wildman–Crippen MR) is 70.2 cm³/mol. The Morgan fingerprint density at radius 1 is 1.28 bits per heavy atom. The summed E-state index contributed by atoms with van der Waals surface area (Å²) >= 11 is 5.60. The van der Waals surface area contributed by atoms with Crippen molar-refractivity contribution in [1.82, 2.24) is 14.1 Å². The second kappa shape index (κ2) is 6.04. The Labute approximate surface area is 113 Å². The van der Waals surface area contributed by atoms with Crippen LogP contribution in [0.15, 0.2) is 17.3 Å². The number of aryl methyl sites for hydroxylation is 1. The smallest absolute Gasteiger partial charge is 0.246 e. The van der Waals surface area contributed by atoms with Crippen molar-refractivity contribution in [3.05, 3.63) is 12.4 Å². The quantitative estimate of drug-likeness (QED) is 0.776. The Hall–Kier alpha value is -0.590. The minimum absolute atomic E-state index is 0.291. The number of halogens is 1. The van der Waals surface area contributed by atoms with Gasteiger partial charge in [-0.3, -0.25) is 4.68 Å². The Bertz CT molecular complexity index is 480. The molecule has 0 atom stereocenters. The molecule has 0 unspecified atom stereocenters. The number of nitrogens with zero attached hydrogens (tertiary/aromatic N) is 3. The predicted octanol–water partition coefficient (Wildman–Crippen LogP) is 1.69. The fourth-order valence-corrected chi connectivity index (χ4v) is 3.67. The molecule has 0 radical (unpaired) electrons. The topological polar surface area (TPSA) is 55.2 Å². The van der Waals surface area contributed by atoms with Gasteiger partial charge in [-0.15, -0.1) is 11.6 Å². The number of hydrogen-bond donors (Lipinski definition) is 0. The molecule has 0 saturated carbocycles. The average molecular weight is 292 g/mol. The van der Waals surface area contributed by atoms with E-state index in [2.05, 4.69) is 5.10 Å². The maximum Gasteiger partial charge on any atom is 0.246 e. The summed E-state index contributed by atoms with van der Waals surface area (Å²) in [4.78, 5) is 0.291. The molecule has 1 saturated heterocycles. The fraction of sp³-hybridized carbons (Fsp3) is 0.727. The normalized spacial score (nSPS) is 18.1. The molecule has 0 spiro atoms. The van der Waals surface area contributed by atoms with E-state index in [0.29, 0.717) is 30.4 Å². The van der Waals surface area contributed by atoms with Gasteiger partial charge in [-0.25, -0.2) is 8.42 Å². The first-order valence-corrected chi connectivity index (χ1v) is 8.20. The van der Waals surface area contributed by atoms with Crippen LogP contribution in [0.5, 0.6) is 0 Å².